The lowest BCUT2D eigenvalue weighted by Gasteiger charge is -2.25. The molecule has 35 heavy (non-hydrogen) atoms. The molecule has 5 heteroatoms. The molecule has 4 aromatic rings. The highest BCUT2D eigenvalue weighted by Gasteiger charge is 2.21. The van der Waals surface area contributed by atoms with Crippen LogP contribution in [-0.4, -0.2) is 5.91 Å². The first-order valence-corrected chi connectivity index (χ1v) is 11.6. The van der Waals surface area contributed by atoms with Crippen molar-refractivity contribution in [1.29, 1.82) is 0 Å². The van der Waals surface area contributed by atoms with Crippen molar-refractivity contribution in [3.05, 3.63) is 120 Å². The SMILES string of the molecule is CCc1ccc(OCc2ccccc2)c(CN(C(C)=O)c2cc(F)ccc2Oc2ccccc2)c1. The van der Waals surface area contributed by atoms with Crippen molar-refractivity contribution in [1.82, 2.24) is 0 Å². The standard InChI is InChI=1S/C30H28FNO3/c1-3-23-14-16-29(34-21-24-10-6-4-7-11-24)25(18-23)20-32(22(2)33)28-19-26(31)15-17-30(28)35-27-12-8-5-9-13-27/h4-19H,3,20-21H2,1-2H3. The summed E-state index contributed by atoms with van der Waals surface area (Å²) in [4.78, 5) is 14.3. The van der Waals surface area contributed by atoms with Gasteiger partial charge in [-0.3, -0.25) is 4.79 Å². The number of ether oxygens (including phenoxy) is 2. The molecule has 0 saturated heterocycles. The number of hydrogen-bond donors (Lipinski definition) is 0. The quantitative estimate of drug-likeness (QED) is 0.258. The highest BCUT2D eigenvalue weighted by atomic mass is 19.1. The van der Waals surface area contributed by atoms with Gasteiger partial charge < -0.3 is 14.4 Å². The van der Waals surface area contributed by atoms with Crippen LogP contribution in [-0.2, 0) is 24.4 Å². The fraction of sp³-hybridized carbons (Fsp3) is 0.167. The number of hydrogen-bond acceptors (Lipinski definition) is 3. The number of carbonyl (C=O) groups is 1. The second kappa shape index (κ2) is 11.3. The Bertz CT molecular complexity index is 1280. The maximum absolute atomic E-state index is 14.3. The normalized spacial score (nSPS) is 10.6. The zero-order valence-electron chi connectivity index (χ0n) is 19.9. The van der Waals surface area contributed by atoms with Crippen molar-refractivity contribution >= 4 is 11.6 Å². The lowest BCUT2D eigenvalue weighted by Crippen LogP contribution is -2.28. The van der Waals surface area contributed by atoms with Crippen molar-refractivity contribution in [3.63, 3.8) is 0 Å². The third kappa shape index (κ3) is 6.27. The summed E-state index contributed by atoms with van der Waals surface area (Å²) in [6.07, 6.45) is 0.842. The smallest absolute Gasteiger partial charge is 0.224 e. The van der Waals surface area contributed by atoms with Crippen molar-refractivity contribution in [2.24, 2.45) is 0 Å². The minimum atomic E-state index is -0.450. The molecule has 0 N–H and O–H groups in total. The molecule has 0 atom stereocenters. The number of anilines is 1. The van der Waals surface area contributed by atoms with E-state index in [1.807, 2.05) is 78.9 Å². The molecule has 4 nitrogen and oxygen atoms in total. The molecule has 1 amide bonds. The number of halogens is 1. The number of carbonyl (C=O) groups excluding carboxylic acids is 1. The van der Waals surface area contributed by atoms with Gasteiger partial charge in [-0.15, -0.1) is 0 Å². The third-order valence-electron chi connectivity index (χ3n) is 5.66. The van der Waals surface area contributed by atoms with Crippen LogP contribution in [0.2, 0.25) is 0 Å². The Balaban J connectivity index is 1.67. The molecule has 0 aliphatic heterocycles. The lowest BCUT2D eigenvalue weighted by atomic mass is 10.1. The van der Waals surface area contributed by atoms with Crippen LogP contribution in [0.25, 0.3) is 0 Å². The molecule has 0 fully saturated rings. The third-order valence-corrected chi connectivity index (χ3v) is 5.66. The van der Waals surface area contributed by atoms with Crippen molar-refractivity contribution in [2.45, 2.75) is 33.4 Å². The van der Waals surface area contributed by atoms with E-state index in [0.29, 0.717) is 29.5 Å². The van der Waals surface area contributed by atoms with Crippen LogP contribution in [0.3, 0.4) is 0 Å². The van der Waals surface area contributed by atoms with Gasteiger partial charge in [0, 0.05) is 18.6 Å². The summed E-state index contributed by atoms with van der Waals surface area (Å²) < 4.78 is 26.5. The van der Waals surface area contributed by atoms with Gasteiger partial charge in [0.2, 0.25) is 5.91 Å². The number of nitrogens with zero attached hydrogens (tertiary/aromatic N) is 1. The summed E-state index contributed by atoms with van der Waals surface area (Å²) in [6.45, 7) is 4.15. The van der Waals surface area contributed by atoms with E-state index in [1.54, 1.807) is 6.07 Å². The average Bonchev–Trinajstić information content (AvgIpc) is 2.88. The molecule has 0 aromatic heterocycles. The van der Waals surface area contributed by atoms with Gasteiger partial charge in [-0.25, -0.2) is 4.39 Å². The molecule has 0 aliphatic rings. The van der Waals surface area contributed by atoms with Crippen LogP contribution in [0.1, 0.15) is 30.5 Å². The van der Waals surface area contributed by atoms with Crippen molar-refractivity contribution in [2.75, 3.05) is 4.90 Å². The Kier molecular flexibility index (Phi) is 7.78. The van der Waals surface area contributed by atoms with Crippen LogP contribution >= 0.6 is 0 Å². The molecule has 4 rings (SSSR count). The summed E-state index contributed by atoms with van der Waals surface area (Å²) in [6, 6.07) is 29.3. The minimum Gasteiger partial charge on any atom is -0.489 e. The van der Waals surface area contributed by atoms with E-state index in [2.05, 4.69) is 6.92 Å². The summed E-state index contributed by atoms with van der Waals surface area (Å²) in [7, 11) is 0. The molecule has 0 aliphatic carbocycles. The van der Waals surface area contributed by atoms with Gasteiger partial charge >= 0.3 is 0 Å². The Morgan fingerprint density at radius 2 is 1.51 bits per heavy atom. The Hall–Kier alpha value is -4.12. The Morgan fingerprint density at radius 3 is 2.20 bits per heavy atom. The predicted molar refractivity (Wildman–Crippen MR) is 136 cm³/mol. The first-order chi connectivity index (χ1) is 17.0. The van der Waals surface area contributed by atoms with Crippen LogP contribution in [0.5, 0.6) is 17.2 Å². The Labute approximate surface area is 205 Å². The van der Waals surface area contributed by atoms with Crippen LogP contribution < -0.4 is 14.4 Å². The molecule has 0 spiro atoms. The summed E-state index contributed by atoms with van der Waals surface area (Å²) in [5.41, 5.74) is 3.36. The van der Waals surface area contributed by atoms with E-state index in [9.17, 15) is 9.18 Å². The van der Waals surface area contributed by atoms with Crippen LogP contribution in [0.15, 0.2) is 97.1 Å². The van der Waals surface area contributed by atoms with Crippen LogP contribution in [0.4, 0.5) is 10.1 Å². The van der Waals surface area contributed by atoms with Gasteiger partial charge in [0.1, 0.15) is 23.9 Å². The summed E-state index contributed by atoms with van der Waals surface area (Å²) in [5, 5.41) is 0. The monoisotopic (exact) mass is 469 g/mol. The highest BCUT2D eigenvalue weighted by molar-refractivity contribution is 5.93. The average molecular weight is 470 g/mol. The maximum atomic E-state index is 14.3. The second-order valence-electron chi connectivity index (χ2n) is 8.20. The molecule has 0 radical (unpaired) electrons. The molecule has 178 valence electrons. The number of rotatable bonds is 9. The number of para-hydroxylation sites is 1. The van der Waals surface area contributed by atoms with E-state index in [1.165, 1.54) is 24.0 Å². The minimum absolute atomic E-state index is 0.210. The van der Waals surface area contributed by atoms with Gasteiger partial charge in [-0.05, 0) is 47.9 Å². The zero-order valence-corrected chi connectivity index (χ0v) is 19.9. The van der Waals surface area contributed by atoms with Gasteiger partial charge in [0.25, 0.3) is 0 Å². The maximum Gasteiger partial charge on any atom is 0.224 e. The van der Waals surface area contributed by atoms with Crippen molar-refractivity contribution in [3.8, 4) is 17.2 Å². The van der Waals surface area contributed by atoms with Crippen molar-refractivity contribution < 1.29 is 18.7 Å². The van der Waals surface area contributed by atoms with Crippen LogP contribution in [0, 0.1) is 5.82 Å². The molecule has 0 unspecified atom stereocenters. The summed E-state index contributed by atoms with van der Waals surface area (Å²) in [5.74, 6) is 0.994. The van der Waals surface area contributed by atoms with E-state index < -0.39 is 5.82 Å². The molecular formula is C30H28FNO3. The number of benzene rings is 4. The lowest BCUT2D eigenvalue weighted by molar-refractivity contribution is -0.116. The van der Waals surface area contributed by atoms with E-state index in [0.717, 1.165) is 23.1 Å². The van der Waals surface area contributed by atoms with Gasteiger partial charge in [-0.2, -0.15) is 0 Å². The molecule has 4 aromatic carbocycles. The molecule has 0 heterocycles. The van der Waals surface area contributed by atoms with E-state index in [4.69, 9.17) is 9.47 Å². The molecule has 0 saturated carbocycles. The summed E-state index contributed by atoms with van der Waals surface area (Å²) >= 11 is 0. The second-order valence-corrected chi connectivity index (χ2v) is 8.20. The van der Waals surface area contributed by atoms with E-state index >= 15 is 0 Å². The first-order valence-electron chi connectivity index (χ1n) is 11.6. The zero-order chi connectivity index (χ0) is 24.6. The van der Waals surface area contributed by atoms with Gasteiger partial charge in [0.05, 0.1) is 12.2 Å². The Morgan fingerprint density at radius 1 is 0.829 bits per heavy atom. The fourth-order valence-electron chi connectivity index (χ4n) is 3.79. The van der Waals surface area contributed by atoms with Gasteiger partial charge in [-0.1, -0.05) is 67.6 Å². The fourth-order valence-corrected chi connectivity index (χ4v) is 3.79. The number of amides is 1. The molecular weight excluding hydrogens is 441 g/mol. The predicted octanol–water partition coefficient (Wildman–Crippen LogP) is 7.31. The first kappa shape index (κ1) is 24.0. The molecule has 0 bridgehead atoms. The number of aryl methyl sites for hydroxylation is 1. The highest BCUT2D eigenvalue weighted by Crippen LogP contribution is 2.35. The topological polar surface area (TPSA) is 38.8 Å². The van der Waals surface area contributed by atoms with E-state index in [-0.39, 0.29) is 12.5 Å². The largest absolute Gasteiger partial charge is 0.489 e. The van der Waals surface area contributed by atoms with Gasteiger partial charge in [0.15, 0.2) is 5.75 Å².